The van der Waals surface area contributed by atoms with E-state index in [9.17, 15) is 0 Å². The van der Waals surface area contributed by atoms with Crippen LogP contribution in [0.5, 0.6) is 0 Å². The van der Waals surface area contributed by atoms with Gasteiger partial charge in [-0.05, 0) is 19.1 Å². The molecule has 3 heterocycles. The number of aromatic nitrogens is 2. The first-order chi connectivity index (χ1) is 9.31. The molecule has 2 aromatic heterocycles. The highest BCUT2D eigenvalue weighted by Gasteiger charge is 2.16. The molecule has 1 aliphatic rings. The third-order valence-electron chi connectivity index (χ3n) is 3.31. The maximum absolute atomic E-state index is 4.52. The summed E-state index contributed by atoms with van der Waals surface area (Å²) in [5.74, 6) is 0. The molecule has 4 nitrogen and oxygen atoms in total. The Hall–Kier alpha value is -1.30. The number of hydrogen-bond donors (Lipinski definition) is 1. The summed E-state index contributed by atoms with van der Waals surface area (Å²) in [7, 11) is 0. The van der Waals surface area contributed by atoms with Gasteiger partial charge < -0.3 is 5.32 Å². The van der Waals surface area contributed by atoms with Crippen molar-refractivity contribution in [1.82, 2.24) is 20.2 Å². The minimum absolute atomic E-state index is 0.585. The molecule has 1 aliphatic heterocycles. The van der Waals surface area contributed by atoms with Gasteiger partial charge in [-0.3, -0.25) is 9.88 Å². The fourth-order valence-electron chi connectivity index (χ4n) is 2.38. The van der Waals surface area contributed by atoms with Crippen LogP contribution in [-0.2, 0) is 6.54 Å². The zero-order valence-electron chi connectivity index (χ0n) is 11.0. The first-order valence-electron chi connectivity index (χ1n) is 6.62. The monoisotopic (exact) mass is 274 g/mol. The number of nitrogens with zero attached hydrogens (tertiary/aromatic N) is 3. The van der Waals surface area contributed by atoms with Crippen LogP contribution in [0.25, 0.3) is 10.6 Å². The number of nitrogens with one attached hydrogen (secondary N) is 1. The third-order valence-corrected chi connectivity index (χ3v) is 4.34. The van der Waals surface area contributed by atoms with Gasteiger partial charge in [-0.25, -0.2) is 4.98 Å². The van der Waals surface area contributed by atoms with Crippen LogP contribution >= 0.6 is 11.3 Å². The van der Waals surface area contributed by atoms with Crippen LogP contribution in [0.3, 0.4) is 0 Å². The summed E-state index contributed by atoms with van der Waals surface area (Å²) in [6.45, 7) is 6.56. The van der Waals surface area contributed by atoms with Gasteiger partial charge in [0, 0.05) is 61.3 Å². The molecule has 1 atom stereocenters. The fraction of sp³-hybridized carbons (Fsp3) is 0.429. The molecule has 1 saturated heterocycles. The molecular weight excluding hydrogens is 256 g/mol. The Kier molecular flexibility index (Phi) is 3.87. The Morgan fingerprint density at radius 2 is 2.26 bits per heavy atom. The van der Waals surface area contributed by atoms with E-state index < -0.39 is 0 Å². The van der Waals surface area contributed by atoms with Gasteiger partial charge in [0.1, 0.15) is 5.01 Å². The number of rotatable bonds is 3. The fourth-order valence-corrected chi connectivity index (χ4v) is 3.34. The van der Waals surface area contributed by atoms with Gasteiger partial charge >= 0.3 is 0 Å². The van der Waals surface area contributed by atoms with Gasteiger partial charge in [0.2, 0.25) is 0 Å². The molecule has 0 aromatic carbocycles. The lowest BCUT2D eigenvalue weighted by atomic mass is 10.2. The molecule has 19 heavy (non-hydrogen) atoms. The topological polar surface area (TPSA) is 41.1 Å². The summed E-state index contributed by atoms with van der Waals surface area (Å²) in [6.07, 6.45) is 5.63. The Balaban J connectivity index is 1.68. The lowest BCUT2D eigenvalue weighted by Crippen LogP contribution is -2.48. The minimum Gasteiger partial charge on any atom is -0.312 e. The van der Waals surface area contributed by atoms with Crippen molar-refractivity contribution in [2.24, 2.45) is 0 Å². The van der Waals surface area contributed by atoms with E-state index in [0.29, 0.717) is 6.04 Å². The first kappa shape index (κ1) is 12.7. The van der Waals surface area contributed by atoms with Crippen LogP contribution in [0.4, 0.5) is 0 Å². The van der Waals surface area contributed by atoms with E-state index in [1.165, 1.54) is 4.88 Å². The maximum Gasteiger partial charge on any atom is 0.123 e. The summed E-state index contributed by atoms with van der Waals surface area (Å²) in [6, 6.07) is 4.60. The lowest BCUT2D eigenvalue weighted by molar-refractivity contribution is 0.201. The smallest absolute Gasteiger partial charge is 0.123 e. The highest BCUT2D eigenvalue weighted by molar-refractivity contribution is 7.15. The van der Waals surface area contributed by atoms with Crippen LogP contribution in [-0.4, -0.2) is 40.5 Å². The summed E-state index contributed by atoms with van der Waals surface area (Å²) in [4.78, 5) is 12.4. The Morgan fingerprint density at radius 3 is 3.05 bits per heavy atom. The molecule has 1 N–H and O–H groups in total. The van der Waals surface area contributed by atoms with E-state index in [0.717, 1.165) is 36.8 Å². The van der Waals surface area contributed by atoms with Crippen LogP contribution in [0.1, 0.15) is 11.8 Å². The number of pyridine rings is 1. The number of hydrogen-bond acceptors (Lipinski definition) is 5. The standard InChI is InChI=1S/C14H18N4S/c1-11-9-18(7-6-16-11)10-13-8-17-14(19-13)12-2-4-15-5-3-12/h2-5,8,11,16H,6-7,9-10H2,1H3. The average molecular weight is 274 g/mol. The van der Waals surface area contributed by atoms with Crippen LogP contribution in [0.15, 0.2) is 30.7 Å². The predicted octanol–water partition coefficient (Wildman–Crippen LogP) is 2.00. The lowest BCUT2D eigenvalue weighted by Gasteiger charge is -2.31. The SMILES string of the molecule is CC1CN(Cc2cnc(-c3ccncc3)s2)CCN1. The molecule has 3 rings (SSSR count). The van der Waals surface area contributed by atoms with Crippen molar-refractivity contribution in [2.45, 2.75) is 19.5 Å². The molecule has 2 aromatic rings. The minimum atomic E-state index is 0.585. The van der Waals surface area contributed by atoms with Gasteiger partial charge in [-0.2, -0.15) is 0 Å². The number of thiazole rings is 1. The van der Waals surface area contributed by atoms with Gasteiger partial charge in [0.15, 0.2) is 0 Å². The summed E-state index contributed by atoms with van der Waals surface area (Å²) < 4.78 is 0. The quantitative estimate of drug-likeness (QED) is 0.929. The first-order valence-corrected chi connectivity index (χ1v) is 7.44. The van der Waals surface area contributed by atoms with E-state index in [-0.39, 0.29) is 0 Å². The van der Waals surface area contributed by atoms with E-state index >= 15 is 0 Å². The van der Waals surface area contributed by atoms with Crippen molar-refractivity contribution < 1.29 is 0 Å². The molecule has 1 unspecified atom stereocenters. The van der Waals surface area contributed by atoms with Crippen molar-refractivity contribution in [1.29, 1.82) is 0 Å². The van der Waals surface area contributed by atoms with Crippen molar-refractivity contribution in [2.75, 3.05) is 19.6 Å². The molecular formula is C14H18N4S. The van der Waals surface area contributed by atoms with Gasteiger partial charge in [-0.15, -0.1) is 11.3 Å². The van der Waals surface area contributed by atoms with E-state index in [1.54, 1.807) is 11.3 Å². The summed E-state index contributed by atoms with van der Waals surface area (Å²) in [5, 5.41) is 4.55. The summed E-state index contributed by atoms with van der Waals surface area (Å²) >= 11 is 1.78. The predicted molar refractivity (Wildman–Crippen MR) is 78.1 cm³/mol. The second-order valence-corrected chi connectivity index (χ2v) is 6.07. The Morgan fingerprint density at radius 1 is 1.42 bits per heavy atom. The van der Waals surface area contributed by atoms with E-state index in [1.807, 2.05) is 30.7 Å². The highest BCUT2D eigenvalue weighted by Crippen LogP contribution is 2.25. The Bertz CT molecular complexity index is 525. The largest absolute Gasteiger partial charge is 0.312 e. The van der Waals surface area contributed by atoms with Crippen molar-refractivity contribution in [3.8, 4) is 10.6 Å². The van der Waals surface area contributed by atoms with Crippen LogP contribution in [0, 0.1) is 0 Å². The van der Waals surface area contributed by atoms with E-state index in [4.69, 9.17) is 0 Å². The van der Waals surface area contributed by atoms with Crippen molar-refractivity contribution in [3.05, 3.63) is 35.6 Å². The molecule has 0 radical (unpaired) electrons. The third kappa shape index (κ3) is 3.18. The Labute approximate surface area is 117 Å². The molecule has 0 amide bonds. The second-order valence-electron chi connectivity index (χ2n) is 4.96. The molecule has 1 fully saturated rings. The van der Waals surface area contributed by atoms with Crippen LogP contribution in [0.2, 0.25) is 0 Å². The molecule has 0 bridgehead atoms. The molecule has 0 aliphatic carbocycles. The van der Waals surface area contributed by atoms with E-state index in [2.05, 4.69) is 27.1 Å². The van der Waals surface area contributed by atoms with Gasteiger partial charge in [-0.1, -0.05) is 0 Å². The highest BCUT2D eigenvalue weighted by atomic mass is 32.1. The van der Waals surface area contributed by atoms with Crippen LogP contribution < -0.4 is 5.32 Å². The zero-order valence-corrected chi connectivity index (χ0v) is 11.9. The normalized spacial score (nSPS) is 20.6. The van der Waals surface area contributed by atoms with Crippen molar-refractivity contribution in [3.63, 3.8) is 0 Å². The molecule has 5 heteroatoms. The van der Waals surface area contributed by atoms with Gasteiger partial charge in [0.25, 0.3) is 0 Å². The zero-order chi connectivity index (χ0) is 13.1. The molecule has 100 valence electrons. The summed E-state index contributed by atoms with van der Waals surface area (Å²) in [5.41, 5.74) is 1.15. The number of piperazine rings is 1. The molecule has 0 saturated carbocycles. The van der Waals surface area contributed by atoms with Crippen molar-refractivity contribution >= 4 is 11.3 Å². The van der Waals surface area contributed by atoms with Gasteiger partial charge in [0.05, 0.1) is 0 Å². The molecule has 0 spiro atoms. The second kappa shape index (κ2) is 5.77. The average Bonchev–Trinajstić information content (AvgIpc) is 2.88. The maximum atomic E-state index is 4.52.